The van der Waals surface area contributed by atoms with Crippen molar-refractivity contribution in [3.8, 4) is 0 Å². The van der Waals surface area contributed by atoms with E-state index in [4.69, 9.17) is 0 Å². The molecule has 1 aromatic rings. The van der Waals surface area contributed by atoms with E-state index >= 15 is 0 Å². The Hall–Kier alpha value is -0.860. The van der Waals surface area contributed by atoms with Gasteiger partial charge in [0.05, 0.1) is 0 Å². The van der Waals surface area contributed by atoms with Crippen LogP contribution in [0.15, 0.2) is 18.2 Å². The van der Waals surface area contributed by atoms with Crippen molar-refractivity contribution in [2.75, 3.05) is 20.1 Å². The quantitative estimate of drug-likeness (QED) is 0.736. The smallest absolute Gasteiger partial charge is 0.0449 e. The topological polar surface area (TPSA) is 24.1 Å². The summed E-state index contributed by atoms with van der Waals surface area (Å²) < 4.78 is 0. The van der Waals surface area contributed by atoms with E-state index in [0.29, 0.717) is 6.04 Å². The normalized spacial score (nSPS) is 20.6. The van der Waals surface area contributed by atoms with Gasteiger partial charge in [0, 0.05) is 12.6 Å². The standard InChI is InChI=1S/C12H18N2/c1-9-3-4-11-10(7-9)5-6-14-12(11)8-13-2/h3-4,7,12-14H,5-6,8H2,1-2H3. The number of hydrogen-bond donors (Lipinski definition) is 2. The summed E-state index contributed by atoms with van der Waals surface area (Å²) in [6.07, 6.45) is 1.16. The van der Waals surface area contributed by atoms with Gasteiger partial charge in [-0.3, -0.25) is 0 Å². The van der Waals surface area contributed by atoms with Crippen LogP contribution < -0.4 is 10.6 Å². The molecule has 0 saturated carbocycles. The summed E-state index contributed by atoms with van der Waals surface area (Å²) in [6, 6.07) is 7.27. The maximum Gasteiger partial charge on any atom is 0.0449 e. The molecule has 0 aliphatic carbocycles. The van der Waals surface area contributed by atoms with Crippen LogP contribution in [0.4, 0.5) is 0 Å². The zero-order valence-electron chi connectivity index (χ0n) is 8.93. The maximum atomic E-state index is 3.53. The molecular weight excluding hydrogens is 172 g/mol. The number of rotatable bonds is 2. The molecule has 0 bridgehead atoms. The number of benzene rings is 1. The zero-order chi connectivity index (χ0) is 9.97. The Morgan fingerprint density at radius 3 is 3.14 bits per heavy atom. The second kappa shape index (κ2) is 4.11. The molecule has 2 rings (SSSR count). The summed E-state index contributed by atoms with van der Waals surface area (Å²) in [4.78, 5) is 0. The van der Waals surface area contributed by atoms with E-state index in [0.717, 1.165) is 19.5 Å². The highest BCUT2D eigenvalue weighted by Gasteiger charge is 2.18. The van der Waals surface area contributed by atoms with Crippen LogP contribution in [0.1, 0.15) is 22.7 Å². The summed E-state index contributed by atoms with van der Waals surface area (Å²) in [6.45, 7) is 4.27. The first-order valence-corrected chi connectivity index (χ1v) is 5.28. The van der Waals surface area contributed by atoms with Gasteiger partial charge in [0.15, 0.2) is 0 Å². The van der Waals surface area contributed by atoms with Crippen molar-refractivity contribution in [3.63, 3.8) is 0 Å². The van der Waals surface area contributed by atoms with Gasteiger partial charge in [-0.05, 0) is 38.1 Å². The van der Waals surface area contributed by atoms with Crippen molar-refractivity contribution in [2.45, 2.75) is 19.4 Å². The number of fused-ring (bicyclic) bond motifs is 1. The number of aryl methyl sites for hydroxylation is 1. The molecule has 1 heterocycles. The predicted octanol–water partition coefficient (Wildman–Crippen LogP) is 1.40. The van der Waals surface area contributed by atoms with Gasteiger partial charge in [0.2, 0.25) is 0 Å². The van der Waals surface area contributed by atoms with Crippen molar-refractivity contribution in [3.05, 3.63) is 34.9 Å². The highest BCUT2D eigenvalue weighted by atomic mass is 15.0. The van der Waals surface area contributed by atoms with Crippen LogP contribution >= 0.6 is 0 Å². The Balaban J connectivity index is 2.30. The van der Waals surface area contributed by atoms with Crippen molar-refractivity contribution in [2.24, 2.45) is 0 Å². The van der Waals surface area contributed by atoms with Crippen LogP contribution in [0.2, 0.25) is 0 Å². The third kappa shape index (κ3) is 1.81. The highest BCUT2D eigenvalue weighted by Crippen LogP contribution is 2.23. The predicted molar refractivity (Wildman–Crippen MR) is 59.6 cm³/mol. The summed E-state index contributed by atoms with van der Waals surface area (Å²) in [5.41, 5.74) is 4.36. The Morgan fingerprint density at radius 2 is 2.36 bits per heavy atom. The first kappa shape index (κ1) is 9.69. The van der Waals surface area contributed by atoms with E-state index in [9.17, 15) is 0 Å². The third-order valence-electron chi connectivity index (χ3n) is 2.87. The van der Waals surface area contributed by atoms with Gasteiger partial charge in [-0.15, -0.1) is 0 Å². The average Bonchev–Trinajstić information content (AvgIpc) is 2.18. The molecule has 1 aliphatic rings. The van der Waals surface area contributed by atoms with Crippen LogP contribution in [-0.2, 0) is 6.42 Å². The minimum atomic E-state index is 0.490. The fourth-order valence-corrected chi connectivity index (χ4v) is 2.17. The van der Waals surface area contributed by atoms with Gasteiger partial charge in [-0.25, -0.2) is 0 Å². The molecule has 2 heteroatoms. The van der Waals surface area contributed by atoms with E-state index in [-0.39, 0.29) is 0 Å². The molecule has 0 aromatic heterocycles. The third-order valence-corrected chi connectivity index (χ3v) is 2.87. The lowest BCUT2D eigenvalue weighted by molar-refractivity contribution is 0.485. The van der Waals surface area contributed by atoms with Gasteiger partial charge in [0.25, 0.3) is 0 Å². The molecule has 1 aromatic carbocycles. The van der Waals surface area contributed by atoms with E-state index in [1.165, 1.54) is 16.7 Å². The van der Waals surface area contributed by atoms with Crippen LogP contribution in [0.25, 0.3) is 0 Å². The van der Waals surface area contributed by atoms with Crippen molar-refractivity contribution < 1.29 is 0 Å². The van der Waals surface area contributed by atoms with Gasteiger partial charge < -0.3 is 10.6 Å². The van der Waals surface area contributed by atoms with Crippen LogP contribution in [0.3, 0.4) is 0 Å². The Kier molecular flexibility index (Phi) is 2.85. The SMILES string of the molecule is CNCC1NCCc2cc(C)ccc21. The molecule has 1 atom stereocenters. The minimum absolute atomic E-state index is 0.490. The monoisotopic (exact) mass is 190 g/mol. The second-order valence-electron chi connectivity index (χ2n) is 4.02. The number of nitrogens with one attached hydrogen (secondary N) is 2. The Labute approximate surface area is 85.7 Å². The van der Waals surface area contributed by atoms with Crippen LogP contribution in [-0.4, -0.2) is 20.1 Å². The number of hydrogen-bond acceptors (Lipinski definition) is 2. The maximum absolute atomic E-state index is 3.53. The molecule has 76 valence electrons. The Morgan fingerprint density at radius 1 is 1.50 bits per heavy atom. The lowest BCUT2D eigenvalue weighted by Gasteiger charge is -2.27. The van der Waals surface area contributed by atoms with Crippen molar-refractivity contribution in [1.82, 2.24) is 10.6 Å². The van der Waals surface area contributed by atoms with Gasteiger partial charge in [-0.1, -0.05) is 23.8 Å². The molecule has 14 heavy (non-hydrogen) atoms. The molecule has 0 amide bonds. The highest BCUT2D eigenvalue weighted by molar-refractivity contribution is 5.36. The van der Waals surface area contributed by atoms with E-state index in [1.807, 2.05) is 7.05 Å². The van der Waals surface area contributed by atoms with Gasteiger partial charge in [-0.2, -0.15) is 0 Å². The summed E-state index contributed by atoms with van der Waals surface area (Å²) in [5, 5.41) is 6.76. The van der Waals surface area contributed by atoms with Gasteiger partial charge >= 0.3 is 0 Å². The van der Waals surface area contributed by atoms with Crippen LogP contribution in [0, 0.1) is 6.92 Å². The lowest BCUT2D eigenvalue weighted by Crippen LogP contribution is -2.35. The van der Waals surface area contributed by atoms with Crippen molar-refractivity contribution in [1.29, 1.82) is 0 Å². The molecule has 0 radical (unpaired) electrons. The molecule has 0 saturated heterocycles. The largest absolute Gasteiger partial charge is 0.318 e. The summed E-state index contributed by atoms with van der Waals surface area (Å²) in [5.74, 6) is 0. The molecule has 2 N–H and O–H groups in total. The zero-order valence-corrected chi connectivity index (χ0v) is 8.93. The fraction of sp³-hybridized carbons (Fsp3) is 0.500. The lowest BCUT2D eigenvalue weighted by atomic mass is 9.93. The first-order valence-electron chi connectivity index (χ1n) is 5.28. The molecule has 0 spiro atoms. The minimum Gasteiger partial charge on any atom is -0.318 e. The van der Waals surface area contributed by atoms with Crippen LogP contribution in [0.5, 0.6) is 0 Å². The molecule has 0 fully saturated rings. The van der Waals surface area contributed by atoms with E-state index in [1.54, 1.807) is 0 Å². The fourth-order valence-electron chi connectivity index (χ4n) is 2.17. The Bertz CT molecular complexity index is 320. The summed E-state index contributed by atoms with van der Waals surface area (Å²) >= 11 is 0. The van der Waals surface area contributed by atoms with E-state index in [2.05, 4.69) is 35.8 Å². The summed E-state index contributed by atoms with van der Waals surface area (Å²) in [7, 11) is 2.00. The first-order chi connectivity index (χ1) is 6.81. The average molecular weight is 190 g/mol. The molecule has 1 aliphatic heterocycles. The molecular formula is C12H18N2. The van der Waals surface area contributed by atoms with E-state index < -0.39 is 0 Å². The molecule has 2 nitrogen and oxygen atoms in total. The van der Waals surface area contributed by atoms with Crippen molar-refractivity contribution >= 4 is 0 Å². The molecule has 1 unspecified atom stereocenters. The van der Waals surface area contributed by atoms with Gasteiger partial charge in [0.1, 0.15) is 0 Å². The second-order valence-corrected chi connectivity index (χ2v) is 4.02. The number of likely N-dealkylation sites (N-methyl/N-ethyl adjacent to an activating group) is 1.